The van der Waals surface area contributed by atoms with Crippen LogP contribution in [0.5, 0.6) is 5.75 Å². The minimum atomic E-state index is -0.280. The number of halogens is 2. The molecular formula is C20H13Br2N3O3. The molecule has 0 saturated carbocycles. The first-order valence-electron chi connectivity index (χ1n) is 8.21. The van der Waals surface area contributed by atoms with Crippen LogP contribution in [0.2, 0.25) is 0 Å². The molecule has 0 spiro atoms. The number of hydrogen-bond acceptors (Lipinski definition) is 5. The third-order valence-electron chi connectivity index (χ3n) is 4.01. The van der Waals surface area contributed by atoms with Crippen molar-refractivity contribution >= 4 is 54.7 Å². The van der Waals surface area contributed by atoms with Gasteiger partial charge in [-0.25, -0.2) is 4.98 Å². The molecular weight excluding hydrogens is 490 g/mol. The zero-order valence-electron chi connectivity index (χ0n) is 14.6. The van der Waals surface area contributed by atoms with Crippen molar-refractivity contribution in [3.63, 3.8) is 0 Å². The lowest BCUT2D eigenvalue weighted by Gasteiger charge is -2.12. The summed E-state index contributed by atoms with van der Waals surface area (Å²) in [5.74, 6) is 0.665. The van der Waals surface area contributed by atoms with Gasteiger partial charge in [0.1, 0.15) is 5.75 Å². The van der Waals surface area contributed by atoms with Crippen LogP contribution in [0.3, 0.4) is 0 Å². The van der Waals surface area contributed by atoms with Crippen LogP contribution in [0.4, 0.5) is 5.69 Å². The van der Waals surface area contributed by atoms with Crippen molar-refractivity contribution in [3.8, 4) is 17.2 Å². The van der Waals surface area contributed by atoms with Crippen molar-refractivity contribution in [2.75, 3.05) is 12.4 Å². The Morgan fingerprint density at radius 1 is 1.14 bits per heavy atom. The van der Waals surface area contributed by atoms with E-state index < -0.39 is 0 Å². The van der Waals surface area contributed by atoms with Crippen LogP contribution in [0.1, 0.15) is 10.4 Å². The summed E-state index contributed by atoms with van der Waals surface area (Å²) in [7, 11) is 1.52. The number of nitrogens with one attached hydrogen (secondary N) is 1. The predicted molar refractivity (Wildman–Crippen MR) is 114 cm³/mol. The van der Waals surface area contributed by atoms with E-state index >= 15 is 0 Å². The van der Waals surface area contributed by atoms with E-state index in [4.69, 9.17) is 9.15 Å². The number of ether oxygens (including phenoxy) is 1. The number of aromatic nitrogens is 2. The summed E-state index contributed by atoms with van der Waals surface area (Å²) in [6, 6.07) is 14.4. The quantitative estimate of drug-likeness (QED) is 0.388. The summed E-state index contributed by atoms with van der Waals surface area (Å²) in [6.07, 6.45) is 1.67. The van der Waals surface area contributed by atoms with Gasteiger partial charge < -0.3 is 14.5 Å². The topological polar surface area (TPSA) is 77.2 Å². The minimum Gasteiger partial charge on any atom is -0.495 e. The van der Waals surface area contributed by atoms with Crippen LogP contribution in [0, 0.1) is 0 Å². The summed E-state index contributed by atoms with van der Waals surface area (Å²) in [6.45, 7) is 0. The zero-order chi connectivity index (χ0) is 19.7. The number of amides is 1. The number of methoxy groups -OCH3 is 1. The van der Waals surface area contributed by atoms with Gasteiger partial charge in [-0.1, -0.05) is 15.9 Å². The van der Waals surface area contributed by atoms with Gasteiger partial charge in [-0.3, -0.25) is 4.79 Å². The molecule has 4 rings (SSSR count). The second-order valence-electron chi connectivity index (χ2n) is 5.84. The molecule has 1 N–H and O–H groups in total. The van der Waals surface area contributed by atoms with Crippen molar-refractivity contribution in [1.29, 1.82) is 0 Å². The van der Waals surface area contributed by atoms with Crippen LogP contribution in [-0.4, -0.2) is 23.0 Å². The maximum atomic E-state index is 12.7. The Morgan fingerprint density at radius 2 is 1.93 bits per heavy atom. The molecule has 0 aliphatic rings. The number of oxazole rings is 1. The number of nitrogens with zero attached hydrogens (tertiary/aromatic N) is 2. The molecule has 1 amide bonds. The predicted octanol–water partition coefficient (Wildman–Crippen LogP) is 5.68. The Bertz CT molecular complexity index is 1140. The molecule has 0 atom stereocenters. The Balaban J connectivity index is 1.57. The molecule has 2 heterocycles. The summed E-state index contributed by atoms with van der Waals surface area (Å²) in [5.41, 5.74) is 3.03. The van der Waals surface area contributed by atoms with Crippen molar-refractivity contribution < 1.29 is 13.9 Å². The first kappa shape index (κ1) is 18.6. The Hall–Kier alpha value is -2.71. The number of carbonyl (C=O) groups excluding carboxylic acids is 1. The third kappa shape index (κ3) is 3.65. The first-order chi connectivity index (χ1) is 13.5. The number of fused-ring (bicyclic) bond motifs is 1. The maximum absolute atomic E-state index is 12.7. The molecule has 6 nitrogen and oxygen atoms in total. The molecule has 2 aromatic heterocycles. The normalized spacial score (nSPS) is 10.8. The van der Waals surface area contributed by atoms with E-state index in [1.165, 1.54) is 7.11 Å². The van der Waals surface area contributed by atoms with Gasteiger partial charge in [-0.2, -0.15) is 4.98 Å². The number of pyridine rings is 1. The smallest absolute Gasteiger partial charge is 0.259 e. The highest BCUT2D eigenvalue weighted by atomic mass is 79.9. The highest BCUT2D eigenvalue weighted by Crippen LogP contribution is 2.33. The lowest BCUT2D eigenvalue weighted by molar-refractivity contribution is 0.102. The number of hydrogen-bond donors (Lipinski definition) is 1. The molecule has 8 heteroatoms. The molecule has 0 aliphatic carbocycles. The number of anilines is 1. The van der Waals surface area contributed by atoms with Crippen LogP contribution in [0.25, 0.3) is 22.7 Å². The van der Waals surface area contributed by atoms with Gasteiger partial charge in [0.2, 0.25) is 5.89 Å². The lowest BCUT2D eigenvalue weighted by atomic mass is 10.1. The number of carbonyl (C=O) groups is 1. The van der Waals surface area contributed by atoms with Crippen molar-refractivity contribution in [2.45, 2.75) is 0 Å². The summed E-state index contributed by atoms with van der Waals surface area (Å²) in [5, 5.41) is 2.87. The van der Waals surface area contributed by atoms with E-state index in [-0.39, 0.29) is 5.91 Å². The zero-order valence-corrected chi connectivity index (χ0v) is 17.7. The van der Waals surface area contributed by atoms with E-state index in [1.54, 1.807) is 30.5 Å². The van der Waals surface area contributed by atoms with Crippen molar-refractivity contribution in [1.82, 2.24) is 9.97 Å². The highest BCUT2D eigenvalue weighted by molar-refractivity contribution is 9.11. The summed E-state index contributed by atoms with van der Waals surface area (Å²) < 4.78 is 12.5. The van der Waals surface area contributed by atoms with E-state index in [0.717, 1.165) is 10.0 Å². The monoisotopic (exact) mass is 501 g/mol. The van der Waals surface area contributed by atoms with Crippen LogP contribution >= 0.6 is 31.9 Å². The van der Waals surface area contributed by atoms with E-state index in [9.17, 15) is 4.79 Å². The third-order valence-corrected chi connectivity index (χ3v) is 5.06. The highest BCUT2D eigenvalue weighted by Gasteiger charge is 2.17. The molecule has 140 valence electrons. The van der Waals surface area contributed by atoms with Crippen LogP contribution in [-0.2, 0) is 0 Å². The first-order valence-corrected chi connectivity index (χ1v) is 9.80. The average Bonchev–Trinajstić information content (AvgIpc) is 3.12. The summed E-state index contributed by atoms with van der Waals surface area (Å²) >= 11 is 6.80. The summed E-state index contributed by atoms with van der Waals surface area (Å²) in [4.78, 5) is 21.2. The molecule has 0 unspecified atom stereocenters. The van der Waals surface area contributed by atoms with Gasteiger partial charge in [-0.05, 0) is 64.5 Å². The Kier molecular flexibility index (Phi) is 5.15. The Morgan fingerprint density at radius 3 is 2.64 bits per heavy atom. The molecule has 0 fully saturated rings. The van der Waals surface area contributed by atoms with Gasteiger partial charge in [0, 0.05) is 21.9 Å². The largest absolute Gasteiger partial charge is 0.495 e. The van der Waals surface area contributed by atoms with E-state index in [1.807, 2.05) is 24.3 Å². The van der Waals surface area contributed by atoms with Gasteiger partial charge in [-0.15, -0.1) is 0 Å². The molecule has 0 saturated heterocycles. The Labute approximate surface area is 177 Å². The van der Waals surface area contributed by atoms with Crippen LogP contribution < -0.4 is 10.1 Å². The average molecular weight is 503 g/mol. The standard InChI is InChI=1S/C20H13Br2N3O3/c1-27-17-14(9-12(21)10-15(17)22)19(26)24-13-6-4-11(5-7-13)20-25-18-16(28-20)3-2-8-23-18/h2-10H,1H3,(H,24,26). The van der Waals surface area contributed by atoms with Gasteiger partial charge >= 0.3 is 0 Å². The molecule has 0 radical (unpaired) electrons. The molecule has 2 aromatic carbocycles. The number of rotatable bonds is 4. The van der Waals surface area contributed by atoms with Gasteiger partial charge in [0.05, 0.1) is 17.1 Å². The second kappa shape index (κ2) is 7.73. The maximum Gasteiger partial charge on any atom is 0.259 e. The molecule has 0 bridgehead atoms. The van der Waals surface area contributed by atoms with Crippen LogP contribution in [0.15, 0.2) is 68.1 Å². The lowest BCUT2D eigenvalue weighted by Crippen LogP contribution is -2.13. The van der Waals surface area contributed by atoms with E-state index in [2.05, 4.69) is 47.1 Å². The minimum absolute atomic E-state index is 0.280. The van der Waals surface area contributed by atoms with Gasteiger partial charge in [0.25, 0.3) is 5.91 Å². The fraction of sp³-hybridized carbons (Fsp3) is 0.0500. The molecule has 4 aromatic rings. The molecule has 28 heavy (non-hydrogen) atoms. The van der Waals surface area contributed by atoms with Gasteiger partial charge in [0.15, 0.2) is 11.2 Å². The van der Waals surface area contributed by atoms with Crippen molar-refractivity contribution in [3.05, 3.63) is 69.2 Å². The molecule has 0 aliphatic heterocycles. The SMILES string of the molecule is COc1c(Br)cc(Br)cc1C(=O)Nc1ccc(-c2nc3ncccc3o2)cc1. The second-order valence-corrected chi connectivity index (χ2v) is 7.61. The fourth-order valence-corrected chi connectivity index (χ4v) is 4.11. The van der Waals surface area contributed by atoms with E-state index in [0.29, 0.717) is 38.6 Å². The van der Waals surface area contributed by atoms with Crippen molar-refractivity contribution in [2.24, 2.45) is 0 Å². The fourth-order valence-electron chi connectivity index (χ4n) is 2.72. The number of benzene rings is 2.